The van der Waals surface area contributed by atoms with Gasteiger partial charge in [-0.3, -0.25) is 14.8 Å². The molecule has 0 fully saturated rings. The zero-order chi connectivity index (χ0) is 16.3. The number of nitrogens with one attached hydrogen (secondary N) is 1. The predicted molar refractivity (Wildman–Crippen MR) is 81.9 cm³/mol. The highest BCUT2D eigenvalue weighted by molar-refractivity contribution is 7.92. The van der Waals surface area contributed by atoms with Crippen LogP contribution in [-0.2, 0) is 10.0 Å². The number of hydrogen-bond acceptors (Lipinski definition) is 5. The summed E-state index contributed by atoms with van der Waals surface area (Å²) in [6, 6.07) is 9.56. The predicted octanol–water partition coefficient (Wildman–Crippen LogP) is 3.06. The van der Waals surface area contributed by atoms with Gasteiger partial charge < -0.3 is 4.74 Å². The Hall–Kier alpha value is -2.32. The Kier molecular flexibility index (Phi) is 4.53. The summed E-state index contributed by atoms with van der Waals surface area (Å²) in [5.74, 6) is -0.00912. The molecule has 1 N–H and O–H groups in total. The quantitative estimate of drug-likeness (QED) is 0.665. The number of non-ortho nitro benzene ring substituents is 1. The van der Waals surface area contributed by atoms with Crippen molar-refractivity contribution in [1.82, 2.24) is 0 Å². The summed E-state index contributed by atoms with van der Waals surface area (Å²) >= 11 is 5.91. The van der Waals surface area contributed by atoms with Crippen LogP contribution in [0.3, 0.4) is 0 Å². The van der Waals surface area contributed by atoms with E-state index in [1.165, 1.54) is 25.3 Å². The number of ether oxygens (including phenoxy) is 1. The molecule has 2 aromatic carbocycles. The van der Waals surface area contributed by atoms with Crippen LogP contribution in [0.2, 0.25) is 5.02 Å². The molecule has 0 aromatic heterocycles. The second-order valence-corrected chi connectivity index (χ2v) is 6.24. The molecule has 0 radical (unpaired) electrons. The third-order valence-electron chi connectivity index (χ3n) is 2.77. The molecule has 9 heteroatoms. The third-order valence-corrected chi connectivity index (χ3v) is 4.48. The van der Waals surface area contributed by atoms with E-state index in [2.05, 4.69) is 4.72 Å². The number of nitro benzene ring substituents is 1. The third kappa shape index (κ3) is 3.29. The highest BCUT2D eigenvalue weighted by Crippen LogP contribution is 2.31. The Labute approximate surface area is 131 Å². The zero-order valence-electron chi connectivity index (χ0n) is 11.3. The minimum Gasteiger partial charge on any atom is -0.495 e. The van der Waals surface area contributed by atoms with Crippen molar-refractivity contribution in [2.24, 2.45) is 0 Å². The van der Waals surface area contributed by atoms with Crippen LogP contribution < -0.4 is 9.46 Å². The van der Waals surface area contributed by atoms with Crippen molar-refractivity contribution in [3.63, 3.8) is 0 Å². The van der Waals surface area contributed by atoms with Crippen molar-refractivity contribution < 1.29 is 18.1 Å². The molecular weight excluding hydrogens is 332 g/mol. The Balaban J connectivity index is 2.51. The molecule has 116 valence electrons. The summed E-state index contributed by atoms with van der Waals surface area (Å²) in [6.07, 6.45) is 0. The first kappa shape index (κ1) is 16.1. The van der Waals surface area contributed by atoms with Gasteiger partial charge in [0.25, 0.3) is 15.7 Å². The van der Waals surface area contributed by atoms with E-state index in [-0.39, 0.29) is 27.0 Å². The molecule has 0 amide bonds. The molecule has 0 saturated carbocycles. The second kappa shape index (κ2) is 6.20. The average molecular weight is 343 g/mol. The van der Waals surface area contributed by atoms with Crippen LogP contribution in [0.5, 0.6) is 5.75 Å². The molecular formula is C13H11ClN2O5S. The maximum Gasteiger partial charge on any atom is 0.271 e. The summed E-state index contributed by atoms with van der Waals surface area (Å²) in [5.41, 5.74) is -0.196. The Morgan fingerprint density at radius 2 is 1.91 bits per heavy atom. The summed E-state index contributed by atoms with van der Waals surface area (Å²) in [5, 5.41) is 11.0. The van der Waals surface area contributed by atoms with Gasteiger partial charge in [-0.1, -0.05) is 23.7 Å². The Bertz CT molecular complexity index is 823. The van der Waals surface area contributed by atoms with Crippen molar-refractivity contribution >= 4 is 33.0 Å². The van der Waals surface area contributed by atoms with Crippen molar-refractivity contribution in [3.8, 4) is 5.75 Å². The molecule has 0 atom stereocenters. The fourth-order valence-corrected chi connectivity index (χ4v) is 3.24. The van der Waals surface area contributed by atoms with Gasteiger partial charge in [0.05, 0.1) is 22.7 Å². The first-order valence-corrected chi connectivity index (χ1v) is 7.81. The van der Waals surface area contributed by atoms with Gasteiger partial charge in [-0.05, 0) is 18.2 Å². The Morgan fingerprint density at radius 1 is 1.23 bits per heavy atom. The van der Waals surface area contributed by atoms with Crippen molar-refractivity contribution in [2.45, 2.75) is 4.90 Å². The number of para-hydroxylation sites is 1. The standard InChI is InChI=1S/C13H11ClN2O5S/c1-21-12-7-6-9(16(17)18)8-13(12)22(19,20)15-11-5-3-2-4-10(11)14/h2-8,15H,1H3. The molecule has 0 unspecified atom stereocenters. The molecule has 0 aliphatic carbocycles. The van der Waals surface area contributed by atoms with Gasteiger partial charge in [0, 0.05) is 12.1 Å². The highest BCUT2D eigenvalue weighted by Gasteiger charge is 2.23. The van der Waals surface area contributed by atoms with E-state index in [9.17, 15) is 18.5 Å². The number of anilines is 1. The summed E-state index contributed by atoms with van der Waals surface area (Å²) in [7, 11) is -2.83. The van der Waals surface area contributed by atoms with E-state index in [1.807, 2.05) is 0 Å². The number of nitro groups is 1. The molecule has 2 rings (SSSR count). The van der Waals surface area contributed by atoms with E-state index >= 15 is 0 Å². The zero-order valence-corrected chi connectivity index (χ0v) is 12.9. The molecule has 0 spiro atoms. The maximum absolute atomic E-state index is 12.4. The van der Waals surface area contributed by atoms with Crippen LogP contribution in [0.15, 0.2) is 47.4 Å². The van der Waals surface area contributed by atoms with Gasteiger partial charge in [-0.25, -0.2) is 8.42 Å². The van der Waals surface area contributed by atoms with E-state index < -0.39 is 14.9 Å². The summed E-state index contributed by atoms with van der Waals surface area (Å²) in [6.45, 7) is 0. The molecule has 0 aliphatic rings. The second-order valence-electron chi connectivity index (χ2n) is 4.18. The van der Waals surface area contributed by atoms with Gasteiger partial charge in [0.1, 0.15) is 10.6 Å². The number of methoxy groups -OCH3 is 1. The van der Waals surface area contributed by atoms with Crippen LogP contribution in [0.1, 0.15) is 0 Å². The monoisotopic (exact) mass is 342 g/mol. The fourth-order valence-electron chi connectivity index (χ4n) is 1.73. The van der Waals surface area contributed by atoms with Gasteiger partial charge >= 0.3 is 0 Å². The smallest absolute Gasteiger partial charge is 0.271 e. The number of nitrogens with zero attached hydrogens (tertiary/aromatic N) is 1. The van der Waals surface area contributed by atoms with E-state index in [0.717, 1.165) is 12.1 Å². The number of sulfonamides is 1. The van der Waals surface area contributed by atoms with Crippen LogP contribution in [0, 0.1) is 10.1 Å². The molecule has 22 heavy (non-hydrogen) atoms. The largest absolute Gasteiger partial charge is 0.495 e. The van der Waals surface area contributed by atoms with E-state index in [1.54, 1.807) is 12.1 Å². The molecule has 0 aliphatic heterocycles. The van der Waals surface area contributed by atoms with E-state index in [0.29, 0.717) is 0 Å². The van der Waals surface area contributed by atoms with Crippen molar-refractivity contribution in [1.29, 1.82) is 0 Å². The topological polar surface area (TPSA) is 98.5 Å². The number of hydrogen-bond donors (Lipinski definition) is 1. The van der Waals surface area contributed by atoms with Crippen LogP contribution >= 0.6 is 11.6 Å². The average Bonchev–Trinajstić information content (AvgIpc) is 2.48. The van der Waals surface area contributed by atoms with Crippen molar-refractivity contribution in [2.75, 3.05) is 11.8 Å². The molecule has 0 heterocycles. The lowest BCUT2D eigenvalue weighted by molar-refractivity contribution is -0.385. The van der Waals surface area contributed by atoms with Gasteiger partial charge in [-0.2, -0.15) is 0 Å². The van der Waals surface area contributed by atoms with Gasteiger partial charge in [0.2, 0.25) is 0 Å². The lowest BCUT2D eigenvalue weighted by Gasteiger charge is -2.12. The molecule has 0 saturated heterocycles. The van der Waals surface area contributed by atoms with Gasteiger partial charge in [0.15, 0.2) is 0 Å². The highest BCUT2D eigenvalue weighted by atomic mass is 35.5. The van der Waals surface area contributed by atoms with Crippen LogP contribution in [0.4, 0.5) is 11.4 Å². The van der Waals surface area contributed by atoms with Gasteiger partial charge in [-0.15, -0.1) is 0 Å². The maximum atomic E-state index is 12.4. The minimum absolute atomic E-state index is 0.00912. The number of rotatable bonds is 5. The number of benzene rings is 2. The number of halogens is 1. The van der Waals surface area contributed by atoms with Crippen LogP contribution in [0.25, 0.3) is 0 Å². The normalized spacial score (nSPS) is 11.0. The Morgan fingerprint density at radius 3 is 2.50 bits per heavy atom. The SMILES string of the molecule is COc1ccc([N+](=O)[O-])cc1S(=O)(=O)Nc1ccccc1Cl. The van der Waals surface area contributed by atoms with E-state index in [4.69, 9.17) is 16.3 Å². The van der Waals surface area contributed by atoms with Crippen LogP contribution in [-0.4, -0.2) is 20.5 Å². The summed E-state index contributed by atoms with van der Waals surface area (Å²) in [4.78, 5) is 9.79. The lowest BCUT2D eigenvalue weighted by Crippen LogP contribution is -2.14. The van der Waals surface area contributed by atoms with Crippen molar-refractivity contribution in [3.05, 3.63) is 57.6 Å². The first-order chi connectivity index (χ1) is 10.3. The summed E-state index contributed by atoms with van der Waals surface area (Å²) < 4.78 is 32.1. The molecule has 0 bridgehead atoms. The minimum atomic E-state index is -4.10. The lowest BCUT2D eigenvalue weighted by atomic mass is 10.3. The molecule has 7 nitrogen and oxygen atoms in total. The first-order valence-electron chi connectivity index (χ1n) is 5.95. The molecule has 2 aromatic rings. The fraction of sp³-hybridized carbons (Fsp3) is 0.0769.